The molecule has 0 spiro atoms. The van der Waals surface area contributed by atoms with Crippen molar-refractivity contribution in [1.29, 1.82) is 0 Å². The summed E-state index contributed by atoms with van der Waals surface area (Å²) in [5.74, 6) is 2.41. The van der Waals surface area contributed by atoms with Crippen molar-refractivity contribution in [3.05, 3.63) is 29.3 Å². The molecule has 152 valence electrons. The fourth-order valence-corrected chi connectivity index (χ4v) is 6.10. The van der Waals surface area contributed by atoms with Gasteiger partial charge in [0, 0.05) is 31.6 Å². The van der Waals surface area contributed by atoms with Gasteiger partial charge in [-0.25, -0.2) is 0 Å². The summed E-state index contributed by atoms with van der Waals surface area (Å²) in [4.78, 5) is 18.2. The summed E-state index contributed by atoms with van der Waals surface area (Å²) in [6.07, 6.45) is 10.7. The number of nitrogens with zero attached hydrogens (tertiary/aromatic N) is 2. The summed E-state index contributed by atoms with van der Waals surface area (Å²) in [5, 5.41) is 0. The van der Waals surface area contributed by atoms with E-state index in [9.17, 15) is 4.79 Å². The van der Waals surface area contributed by atoms with Gasteiger partial charge in [0.25, 0.3) is 0 Å². The molecule has 4 aliphatic rings. The lowest BCUT2D eigenvalue weighted by atomic mass is 9.80. The van der Waals surface area contributed by atoms with Crippen LogP contribution >= 0.6 is 0 Å². The predicted molar refractivity (Wildman–Crippen MR) is 111 cm³/mol. The van der Waals surface area contributed by atoms with Gasteiger partial charge < -0.3 is 9.64 Å². The lowest BCUT2D eigenvalue weighted by Gasteiger charge is -2.47. The first-order valence-electron chi connectivity index (χ1n) is 11.4. The molecule has 0 radical (unpaired) electrons. The van der Waals surface area contributed by atoms with E-state index in [4.69, 9.17) is 4.74 Å². The molecule has 4 heteroatoms. The van der Waals surface area contributed by atoms with E-state index in [-0.39, 0.29) is 0 Å². The van der Waals surface area contributed by atoms with Gasteiger partial charge in [0.1, 0.15) is 5.75 Å². The maximum Gasteiger partial charge on any atom is 0.223 e. The minimum absolute atomic E-state index is 0.384. The highest BCUT2D eigenvalue weighted by Crippen LogP contribution is 2.40. The highest BCUT2D eigenvalue weighted by atomic mass is 16.5. The molecule has 2 aliphatic heterocycles. The summed E-state index contributed by atoms with van der Waals surface area (Å²) >= 11 is 0. The molecule has 2 saturated heterocycles. The van der Waals surface area contributed by atoms with E-state index >= 15 is 0 Å². The van der Waals surface area contributed by atoms with Crippen LogP contribution in [0.1, 0.15) is 68.4 Å². The number of carbonyl (C=O) groups is 1. The SMILES string of the molecule is COc1ccc2c(c1)CCCC2CC(=O)N1CCC2C(CCCN2C2CC2)C1. The highest BCUT2D eigenvalue weighted by Gasteiger charge is 2.42. The van der Waals surface area contributed by atoms with Gasteiger partial charge in [-0.1, -0.05) is 6.07 Å². The molecule has 1 saturated carbocycles. The second-order valence-corrected chi connectivity index (χ2v) is 9.43. The molecule has 0 N–H and O–H groups in total. The molecule has 2 heterocycles. The van der Waals surface area contributed by atoms with E-state index in [0.717, 1.165) is 43.8 Å². The first-order chi connectivity index (χ1) is 13.7. The molecule has 1 amide bonds. The number of hydrogen-bond acceptors (Lipinski definition) is 3. The van der Waals surface area contributed by atoms with Gasteiger partial charge >= 0.3 is 0 Å². The molecule has 3 fully saturated rings. The number of rotatable bonds is 4. The van der Waals surface area contributed by atoms with Crippen LogP contribution in [0.2, 0.25) is 0 Å². The minimum Gasteiger partial charge on any atom is -0.497 e. The quantitative estimate of drug-likeness (QED) is 0.790. The summed E-state index contributed by atoms with van der Waals surface area (Å²) in [7, 11) is 1.73. The third-order valence-corrected chi connectivity index (χ3v) is 7.69. The van der Waals surface area contributed by atoms with Crippen molar-refractivity contribution in [3.8, 4) is 5.75 Å². The molecule has 5 rings (SSSR count). The van der Waals surface area contributed by atoms with Crippen molar-refractivity contribution in [2.75, 3.05) is 26.7 Å². The van der Waals surface area contributed by atoms with Gasteiger partial charge in [0.05, 0.1) is 7.11 Å². The van der Waals surface area contributed by atoms with Gasteiger partial charge in [-0.05, 0) is 93.0 Å². The summed E-state index contributed by atoms with van der Waals surface area (Å²) in [5.41, 5.74) is 2.77. The van der Waals surface area contributed by atoms with E-state index in [1.807, 2.05) is 0 Å². The smallest absolute Gasteiger partial charge is 0.223 e. The first kappa shape index (κ1) is 18.5. The maximum absolute atomic E-state index is 13.2. The zero-order valence-corrected chi connectivity index (χ0v) is 17.2. The number of fused-ring (bicyclic) bond motifs is 2. The number of piperidine rings is 2. The Kier molecular flexibility index (Phi) is 5.08. The molecule has 4 nitrogen and oxygen atoms in total. The summed E-state index contributed by atoms with van der Waals surface area (Å²) < 4.78 is 5.39. The summed E-state index contributed by atoms with van der Waals surface area (Å²) in [6.45, 7) is 3.25. The minimum atomic E-state index is 0.384. The number of likely N-dealkylation sites (tertiary alicyclic amines) is 2. The molecule has 0 aromatic heterocycles. The Hall–Kier alpha value is -1.55. The molecule has 3 unspecified atom stereocenters. The van der Waals surface area contributed by atoms with E-state index in [1.165, 1.54) is 56.2 Å². The third-order valence-electron chi connectivity index (χ3n) is 7.69. The molecule has 28 heavy (non-hydrogen) atoms. The Morgan fingerprint density at radius 1 is 1.11 bits per heavy atom. The van der Waals surface area contributed by atoms with Crippen LogP contribution < -0.4 is 4.74 Å². The van der Waals surface area contributed by atoms with Crippen LogP contribution in [0.15, 0.2) is 18.2 Å². The number of amides is 1. The number of hydrogen-bond donors (Lipinski definition) is 0. The zero-order chi connectivity index (χ0) is 19.1. The lowest BCUT2D eigenvalue weighted by Crippen LogP contribution is -2.55. The van der Waals surface area contributed by atoms with Crippen molar-refractivity contribution >= 4 is 5.91 Å². The molecule has 1 aromatic rings. The van der Waals surface area contributed by atoms with E-state index < -0.39 is 0 Å². The van der Waals surface area contributed by atoms with Gasteiger partial charge in [-0.3, -0.25) is 9.69 Å². The second-order valence-electron chi connectivity index (χ2n) is 9.43. The van der Waals surface area contributed by atoms with Crippen LogP contribution in [0.5, 0.6) is 5.75 Å². The fourth-order valence-electron chi connectivity index (χ4n) is 6.10. The monoisotopic (exact) mass is 382 g/mol. The van der Waals surface area contributed by atoms with Crippen molar-refractivity contribution in [2.24, 2.45) is 5.92 Å². The number of ether oxygens (including phenoxy) is 1. The Labute approximate surface area is 169 Å². The van der Waals surface area contributed by atoms with Crippen LogP contribution in [0.25, 0.3) is 0 Å². The van der Waals surface area contributed by atoms with Crippen LogP contribution in [-0.2, 0) is 11.2 Å². The molecule has 2 aliphatic carbocycles. The first-order valence-corrected chi connectivity index (χ1v) is 11.4. The van der Waals surface area contributed by atoms with Gasteiger partial charge in [-0.15, -0.1) is 0 Å². The van der Waals surface area contributed by atoms with Crippen molar-refractivity contribution < 1.29 is 9.53 Å². The van der Waals surface area contributed by atoms with Crippen molar-refractivity contribution in [1.82, 2.24) is 9.80 Å². The number of carbonyl (C=O) groups excluding carboxylic acids is 1. The van der Waals surface area contributed by atoms with Crippen LogP contribution in [-0.4, -0.2) is 54.5 Å². The standard InChI is InChI=1S/C24H34N2O2/c1-28-21-9-10-22-17(14-21)4-2-5-18(22)15-24(27)25-13-11-23-19(16-25)6-3-12-26(23)20-7-8-20/h9-10,14,18-20,23H,2-8,11-13,15-16H2,1H3. The van der Waals surface area contributed by atoms with Crippen LogP contribution in [0.3, 0.4) is 0 Å². The molecule has 3 atom stereocenters. The fraction of sp³-hybridized carbons (Fsp3) is 0.708. The third kappa shape index (κ3) is 3.56. The van der Waals surface area contributed by atoms with Crippen LogP contribution in [0.4, 0.5) is 0 Å². The van der Waals surface area contributed by atoms with Gasteiger partial charge in [-0.2, -0.15) is 0 Å². The van der Waals surface area contributed by atoms with E-state index in [2.05, 4.69) is 28.0 Å². The molecular weight excluding hydrogens is 348 g/mol. The number of methoxy groups -OCH3 is 1. The second kappa shape index (κ2) is 7.70. The average Bonchev–Trinajstić information content (AvgIpc) is 3.58. The van der Waals surface area contributed by atoms with Crippen molar-refractivity contribution in [3.63, 3.8) is 0 Å². The topological polar surface area (TPSA) is 32.8 Å². The Bertz CT molecular complexity index is 729. The predicted octanol–water partition coefficient (Wildman–Crippen LogP) is 3.98. The van der Waals surface area contributed by atoms with Crippen molar-refractivity contribution in [2.45, 2.75) is 75.8 Å². The lowest BCUT2D eigenvalue weighted by molar-refractivity contribution is -0.135. The van der Waals surface area contributed by atoms with Gasteiger partial charge in [0.15, 0.2) is 0 Å². The van der Waals surface area contributed by atoms with E-state index in [0.29, 0.717) is 24.2 Å². The molecule has 0 bridgehead atoms. The zero-order valence-electron chi connectivity index (χ0n) is 17.2. The van der Waals surface area contributed by atoms with Crippen LogP contribution in [0, 0.1) is 5.92 Å². The average molecular weight is 383 g/mol. The number of aryl methyl sites for hydroxylation is 1. The Balaban J connectivity index is 1.23. The van der Waals surface area contributed by atoms with E-state index in [1.54, 1.807) is 7.11 Å². The number of benzene rings is 1. The highest BCUT2D eigenvalue weighted by molar-refractivity contribution is 5.77. The largest absolute Gasteiger partial charge is 0.497 e. The Morgan fingerprint density at radius 3 is 2.82 bits per heavy atom. The van der Waals surface area contributed by atoms with Gasteiger partial charge in [0.2, 0.25) is 5.91 Å². The Morgan fingerprint density at radius 2 is 2.00 bits per heavy atom. The normalized spacial score (nSPS) is 30.5. The molecular formula is C24H34N2O2. The maximum atomic E-state index is 13.2. The summed E-state index contributed by atoms with van der Waals surface area (Å²) in [6, 6.07) is 8.04. The molecule has 1 aromatic carbocycles.